The predicted octanol–water partition coefficient (Wildman–Crippen LogP) is 2.41. The Morgan fingerprint density at radius 1 is 1.19 bits per heavy atom. The zero-order valence-electron chi connectivity index (χ0n) is 12.7. The van der Waals surface area contributed by atoms with Crippen molar-refractivity contribution >= 4 is 11.6 Å². The molecule has 21 heavy (non-hydrogen) atoms. The van der Waals surface area contributed by atoms with E-state index in [1.165, 1.54) is 6.42 Å². The molecule has 1 aromatic carbocycles. The molecule has 1 aliphatic rings. The molecule has 2 atom stereocenters. The second-order valence-corrected chi connectivity index (χ2v) is 5.48. The highest BCUT2D eigenvalue weighted by atomic mass is 16.5. The van der Waals surface area contributed by atoms with Gasteiger partial charge in [0.15, 0.2) is 0 Å². The van der Waals surface area contributed by atoms with Crippen LogP contribution in [0, 0.1) is 11.8 Å². The number of nitrogens with two attached hydrogens (primary N) is 1. The Labute approximate surface area is 125 Å². The van der Waals surface area contributed by atoms with Crippen LogP contribution in [-0.2, 0) is 4.79 Å². The van der Waals surface area contributed by atoms with Crippen LogP contribution in [-0.4, -0.2) is 26.7 Å². The molecule has 1 fully saturated rings. The van der Waals surface area contributed by atoms with E-state index in [0.29, 0.717) is 23.7 Å². The molecule has 1 amide bonds. The first kappa shape index (κ1) is 15.6. The summed E-state index contributed by atoms with van der Waals surface area (Å²) in [5.74, 6) is 1.64. The minimum atomic E-state index is 0.000876. The topological polar surface area (TPSA) is 73.6 Å². The van der Waals surface area contributed by atoms with Gasteiger partial charge < -0.3 is 20.5 Å². The smallest absolute Gasteiger partial charge is 0.227 e. The number of carbonyl (C=O) groups excluding carboxylic acids is 1. The highest BCUT2D eigenvalue weighted by molar-refractivity contribution is 5.93. The first-order chi connectivity index (χ1) is 10.2. The molecule has 0 saturated heterocycles. The van der Waals surface area contributed by atoms with Crippen molar-refractivity contribution in [3.8, 4) is 11.5 Å². The van der Waals surface area contributed by atoms with Gasteiger partial charge in [-0.1, -0.05) is 12.8 Å². The highest BCUT2D eigenvalue weighted by Crippen LogP contribution is 2.31. The fraction of sp³-hybridized carbons (Fsp3) is 0.562. The third kappa shape index (κ3) is 3.88. The molecule has 1 aliphatic carbocycles. The van der Waals surface area contributed by atoms with Crippen molar-refractivity contribution < 1.29 is 14.3 Å². The average Bonchev–Trinajstić information content (AvgIpc) is 2.54. The van der Waals surface area contributed by atoms with E-state index in [0.717, 1.165) is 19.3 Å². The second kappa shape index (κ2) is 7.31. The zero-order valence-corrected chi connectivity index (χ0v) is 12.7. The van der Waals surface area contributed by atoms with Gasteiger partial charge >= 0.3 is 0 Å². The van der Waals surface area contributed by atoms with Crippen molar-refractivity contribution in [3.63, 3.8) is 0 Å². The lowest BCUT2D eigenvalue weighted by Gasteiger charge is -2.29. The third-order valence-electron chi connectivity index (χ3n) is 4.17. The van der Waals surface area contributed by atoms with Gasteiger partial charge in [-0.3, -0.25) is 4.79 Å². The maximum atomic E-state index is 12.5. The summed E-state index contributed by atoms with van der Waals surface area (Å²) in [5, 5.41) is 2.97. The van der Waals surface area contributed by atoms with E-state index in [9.17, 15) is 4.79 Å². The maximum Gasteiger partial charge on any atom is 0.227 e. The van der Waals surface area contributed by atoms with Gasteiger partial charge in [-0.25, -0.2) is 0 Å². The zero-order chi connectivity index (χ0) is 15.2. The molecule has 0 radical (unpaired) electrons. The van der Waals surface area contributed by atoms with Crippen LogP contribution in [0.4, 0.5) is 5.69 Å². The van der Waals surface area contributed by atoms with Gasteiger partial charge in [0.25, 0.3) is 0 Å². The normalized spacial score (nSPS) is 21.7. The number of rotatable bonds is 5. The number of hydrogen-bond acceptors (Lipinski definition) is 4. The summed E-state index contributed by atoms with van der Waals surface area (Å²) in [6, 6.07) is 5.36. The number of benzene rings is 1. The molecule has 1 saturated carbocycles. The van der Waals surface area contributed by atoms with E-state index in [2.05, 4.69) is 5.32 Å². The van der Waals surface area contributed by atoms with Crippen molar-refractivity contribution in [2.45, 2.75) is 25.7 Å². The molecule has 3 N–H and O–H groups in total. The van der Waals surface area contributed by atoms with Gasteiger partial charge in [0.1, 0.15) is 11.5 Å². The van der Waals surface area contributed by atoms with E-state index in [1.54, 1.807) is 32.4 Å². The van der Waals surface area contributed by atoms with Crippen molar-refractivity contribution in [2.24, 2.45) is 17.6 Å². The van der Waals surface area contributed by atoms with Gasteiger partial charge in [-0.15, -0.1) is 0 Å². The molecule has 116 valence electrons. The van der Waals surface area contributed by atoms with E-state index in [-0.39, 0.29) is 17.7 Å². The number of methoxy groups -OCH3 is 2. The van der Waals surface area contributed by atoms with Crippen LogP contribution in [0.3, 0.4) is 0 Å². The molecule has 0 heterocycles. The summed E-state index contributed by atoms with van der Waals surface area (Å²) in [6.45, 7) is 0.569. The number of nitrogens with one attached hydrogen (secondary N) is 1. The molecule has 5 nitrogen and oxygen atoms in total. The van der Waals surface area contributed by atoms with Crippen LogP contribution in [0.2, 0.25) is 0 Å². The molecule has 0 aliphatic heterocycles. The molecule has 0 bridgehead atoms. The lowest BCUT2D eigenvalue weighted by atomic mass is 9.78. The van der Waals surface area contributed by atoms with Crippen molar-refractivity contribution in [1.82, 2.24) is 0 Å². The summed E-state index contributed by atoms with van der Waals surface area (Å²) in [7, 11) is 3.18. The largest absolute Gasteiger partial charge is 0.497 e. The summed E-state index contributed by atoms with van der Waals surface area (Å²) in [6.07, 6.45) is 4.21. The van der Waals surface area contributed by atoms with Gasteiger partial charge in [0.05, 0.1) is 14.2 Å². The Kier molecular flexibility index (Phi) is 5.44. The van der Waals surface area contributed by atoms with Crippen molar-refractivity contribution in [3.05, 3.63) is 18.2 Å². The molecule has 2 unspecified atom stereocenters. The van der Waals surface area contributed by atoms with Crippen LogP contribution in [0.1, 0.15) is 25.7 Å². The van der Waals surface area contributed by atoms with Gasteiger partial charge in [-0.2, -0.15) is 0 Å². The first-order valence-corrected chi connectivity index (χ1v) is 7.42. The SMILES string of the molecule is COc1cc(NC(=O)C2CCCCC2CN)cc(OC)c1. The first-order valence-electron chi connectivity index (χ1n) is 7.42. The van der Waals surface area contributed by atoms with E-state index in [1.807, 2.05) is 0 Å². The Morgan fingerprint density at radius 3 is 2.38 bits per heavy atom. The number of ether oxygens (including phenoxy) is 2. The van der Waals surface area contributed by atoms with Crippen LogP contribution in [0.5, 0.6) is 11.5 Å². The van der Waals surface area contributed by atoms with E-state index in [4.69, 9.17) is 15.2 Å². The lowest BCUT2D eigenvalue weighted by Crippen LogP contribution is -2.35. The predicted molar refractivity (Wildman–Crippen MR) is 82.7 cm³/mol. The standard InChI is InChI=1S/C16H24N2O3/c1-20-13-7-12(8-14(9-13)21-2)18-16(19)15-6-4-3-5-11(15)10-17/h7-9,11,15H,3-6,10,17H2,1-2H3,(H,18,19). The molecule has 0 aromatic heterocycles. The van der Waals surface area contributed by atoms with Crippen LogP contribution < -0.4 is 20.5 Å². The Balaban J connectivity index is 2.11. The summed E-state index contributed by atoms with van der Waals surface area (Å²) < 4.78 is 10.4. The molecule has 2 rings (SSSR count). The van der Waals surface area contributed by atoms with E-state index >= 15 is 0 Å². The van der Waals surface area contributed by atoms with Crippen LogP contribution in [0.25, 0.3) is 0 Å². The summed E-state index contributed by atoms with van der Waals surface area (Å²) in [4.78, 5) is 12.5. The number of amides is 1. The van der Waals surface area contributed by atoms with Crippen LogP contribution >= 0.6 is 0 Å². The quantitative estimate of drug-likeness (QED) is 0.874. The minimum Gasteiger partial charge on any atom is -0.497 e. The number of anilines is 1. The van der Waals surface area contributed by atoms with E-state index < -0.39 is 0 Å². The molecule has 5 heteroatoms. The Morgan fingerprint density at radius 2 is 1.81 bits per heavy atom. The Bertz CT molecular complexity index is 468. The van der Waals surface area contributed by atoms with Crippen molar-refractivity contribution in [1.29, 1.82) is 0 Å². The van der Waals surface area contributed by atoms with Crippen molar-refractivity contribution in [2.75, 3.05) is 26.1 Å². The summed E-state index contributed by atoms with van der Waals surface area (Å²) in [5.41, 5.74) is 6.49. The average molecular weight is 292 g/mol. The molecular weight excluding hydrogens is 268 g/mol. The third-order valence-corrected chi connectivity index (χ3v) is 4.17. The molecule has 0 spiro atoms. The van der Waals surface area contributed by atoms with Gasteiger partial charge in [0, 0.05) is 29.8 Å². The highest BCUT2D eigenvalue weighted by Gasteiger charge is 2.30. The van der Waals surface area contributed by atoms with Crippen LogP contribution in [0.15, 0.2) is 18.2 Å². The fourth-order valence-electron chi connectivity index (χ4n) is 2.95. The minimum absolute atomic E-state index is 0.000876. The number of carbonyl (C=O) groups is 1. The second-order valence-electron chi connectivity index (χ2n) is 5.48. The lowest BCUT2D eigenvalue weighted by molar-refractivity contribution is -0.122. The fourth-order valence-corrected chi connectivity index (χ4v) is 2.95. The number of hydrogen-bond donors (Lipinski definition) is 2. The Hall–Kier alpha value is -1.75. The monoisotopic (exact) mass is 292 g/mol. The summed E-state index contributed by atoms with van der Waals surface area (Å²) >= 11 is 0. The van der Waals surface area contributed by atoms with Gasteiger partial charge in [-0.05, 0) is 25.3 Å². The molecular formula is C16H24N2O3. The van der Waals surface area contributed by atoms with Gasteiger partial charge in [0.2, 0.25) is 5.91 Å². The molecule has 1 aromatic rings. The maximum absolute atomic E-state index is 12.5.